The fraction of sp³-hybridized carbons (Fsp3) is 0.533. The van der Waals surface area contributed by atoms with E-state index >= 15 is 0 Å². The minimum absolute atomic E-state index is 0.00724. The van der Waals surface area contributed by atoms with E-state index in [9.17, 15) is 13.6 Å². The molecule has 0 unspecified atom stereocenters. The molecule has 0 aliphatic rings. The SMILES string of the molecule is C[C@H](CNC(=O)N[C@@H](C)[C@@H](C)CO)c1ccc(F)c(F)c1. The third-order valence-electron chi connectivity index (χ3n) is 3.58. The highest BCUT2D eigenvalue weighted by Gasteiger charge is 2.15. The van der Waals surface area contributed by atoms with Gasteiger partial charge < -0.3 is 15.7 Å². The molecule has 1 aromatic rings. The minimum atomic E-state index is -0.894. The van der Waals surface area contributed by atoms with Crippen molar-refractivity contribution < 1.29 is 18.7 Å². The van der Waals surface area contributed by atoms with Crippen LogP contribution in [-0.4, -0.2) is 30.3 Å². The average molecular weight is 300 g/mol. The highest BCUT2D eigenvalue weighted by Crippen LogP contribution is 2.17. The summed E-state index contributed by atoms with van der Waals surface area (Å²) in [5.74, 6) is -1.96. The Balaban J connectivity index is 2.47. The predicted molar refractivity (Wildman–Crippen MR) is 77.0 cm³/mol. The van der Waals surface area contributed by atoms with Crippen LogP contribution < -0.4 is 10.6 Å². The van der Waals surface area contributed by atoms with Crippen LogP contribution in [0, 0.1) is 17.6 Å². The average Bonchev–Trinajstić information content (AvgIpc) is 2.46. The van der Waals surface area contributed by atoms with Crippen LogP contribution in [0.1, 0.15) is 32.3 Å². The van der Waals surface area contributed by atoms with E-state index in [-0.39, 0.29) is 30.5 Å². The molecule has 1 aromatic carbocycles. The van der Waals surface area contributed by atoms with Crippen molar-refractivity contribution in [2.75, 3.05) is 13.2 Å². The Bertz CT molecular complexity index is 483. The van der Waals surface area contributed by atoms with Gasteiger partial charge >= 0.3 is 6.03 Å². The second-order valence-electron chi connectivity index (χ2n) is 5.38. The van der Waals surface area contributed by atoms with Gasteiger partial charge in [-0.15, -0.1) is 0 Å². The van der Waals surface area contributed by atoms with Crippen molar-refractivity contribution in [3.63, 3.8) is 0 Å². The number of amides is 2. The number of carbonyl (C=O) groups excluding carboxylic acids is 1. The maximum Gasteiger partial charge on any atom is 0.315 e. The van der Waals surface area contributed by atoms with Gasteiger partial charge in [0.15, 0.2) is 11.6 Å². The van der Waals surface area contributed by atoms with Gasteiger partial charge in [0.05, 0.1) is 0 Å². The molecule has 0 bridgehead atoms. The van der Waals surface area contributed by atoms with Crippen LogP contribution in [0.15, 0.2) is 18.2 Å². The molecule has 0 heterocycles. The maximum atomic E-state index is 13.1. The van der Waals surface area contributed by atoms with Gasteiger partial charge in [-0.3, -0.25) is 0 Å². The van der Waals surface area contributed by atoms with Crippen molar-refractivity contribution >= 4 is 6.03 Å². The van der Waals surface area contributed by atoms with E-state index < -0.39 is 11.6 Å². The summed E-state index contributed by atoms with van der Waals surface area (Å²) in [5.41, 5.74) is 0.617. The molecule has 21 heavy (non-hydrogen) atoms. The zero-order valence-corrected chi connectivity index (χ0v) is 12.5. The lowest BCUT2D eigenvalue weighted by molar-refractivity contribution is 0.200. The van der Waals surface area contributed by atoms with E-state index in [0.717, 1.165) is 12.1 Å². The molecule has 0 saturated carbocycles. The molecular weight excluding hydrogens is 278 g/mol. The number of aliphatic hydroxyl groups excluding tert-OH is 1. The Labute approximate surface area is 123 Å². The smallest absolute Gasteiger partial charge is 0.315 e. The number of urea groups is 1. The van der Waals surface area contributed by atoms with Crippen molar-refractivity contribution in [1.82, 2.24) is 10.6 Å². The number of halogens is 2. The fourth-order valence-electron chi connectivity index (χ4n) is 1.74. The van der Waals surface area contributed by atoms with Gasteiger partial charge in [0.25, 0.3) is 0 Å². The largest absolute Gasteiger partial charge is 0.396 e. The summed E-state index contributed by atoms with van der Waals surface area (Å²) in [6.45, 7) is 5.74. The number of nitrogens with one attached hydrogen (secondary N) is 2. The molecule has 0 fully saturated rings. The first-order chi connectivity index (χ1) is 9.85. The maximum absolute atomic E-state index is 13.1. The summed E-state index contributed by atoms with van der Waals surface area (Å²) < 4.78 is 26.0. The molecule has 2 amide bonds. The van der Waals surface area contributed by atoms with Crippen molar-refractivity contribution in [3.05, 3.63) is 35.4 Å². The molecule has 4 nitrogen and oxygen atoms in total. The number of hydrogen-bond acceptors (Lipinski definition) is 2. The molecule has 6 heteroatoms. The molecule has 0 aliphatic carbocycles. The highest BCUT2D eigenvalue weighted by molar-refractivity contribution is 5.74. The second kappa shape index (κ2) is 7.93. The lowest BCUT2D eigenvalue weighted by atomic mass is 10.0. The summed E-state index contributed by atoms with van der Waals surface area (Å²) in [6, 6.07) is 3.20. The van der Waals surface area contributed by atoms with E-state index in [1.54, 1.807) is 6.92 Å². The zero-order chi connectivity index (χ0) is 16.0. The summed E-state index contributed by atoms with van der Waals surface area (Å²) in [5, 5.41) is 14.4. The summed E-state index contributed by atoms with van der Waals surface area (Å²) >= 11 is 0. The van der Waals surface area contributed by atoms with E-state index in [1.807, 2.05) is 13.8 Å². The Morgan fingerprint density at radius 2 is 1.90 bits per heavy atom. The van der Waals surface area contributed by atoms with E-state index in [2.05, 4.69) is 10.6 Å². The first-order valence-electron chi connectivity index (χ1n) is 6.95. The Hall–Kier alpha value is -1.69. The van der Waals surface area contributed by atoms with Crippen LogP contribution in [0.25, 0.3) is 0 Å². The Morgan fingerprint density at radius 1 is 1.24 bits per heavy atom. The molecule has 3 atom stereocenters. The van der Waals surface area contributed by atoms with Gasteiger partial charge in [-0.2, -0.15) is 0 Å². The van der Waals surface area contributed by atoms with Gasteiger partial charge in [0.1, 0.15) is 0 Å². The Kier molecular flexibility index (Phi) is 6.55. The van der Waals surface area contributed by atoms with E-state index in [0.29, 0.717) is 12.1 Å². The molecule has 1 rings (SSSR count). The third-order valence-corrected chi connectivity index (χ3v) is 3.58. The van der Waals surface area contributed by atoms with Crippen LogP contribution in [0.5, 0.6) is 0 Å². The van der Waals surface area contributed by atoms with E-state index in [1.165, 1.54) is 6.07 Å². The topological polar surface area (TPSA) is 61.4 Å². The summed E-state index contributed by atoms with van der Waals surface area (Å²) in [6.07, 6.45) is 0. The van der Waals surface area contributed by atoms with Gasteiger partial charge in [-0.05, 0) is 36.5 Å². The first kappa shape index (κ1) is 17.4. The van der Waals surface area contributed by atoms with Crippen LogP contribution >= 0.6 is 0 Å². The fourth-order valence-corrected chi connectivity index (χ4v) is 1.74. The zero-order valence-electron chi connectivity index (χ0n) is 12.5. The van der Waals surface area contributed by atoms with E-state index in [4.69, 9.17) is 5.11 Å². The van der Waals surface area contributed by atoms with Crippen molar-refractivity contribution in [2.24, 2.45) is 5.92 Å². The number of aliphatic hydroxyl groups is 1. The summed E-state index contributed by atoms with van der Waals surface area (Å²) in [7, 11) is 0. The first-order valence-corrected chi connectivity index (χ1v) is 6.95. The summed E-state index contributed by atoms with van der Waals surface area (Å²) in [4.78, 5) is 11.7. The Morgan fingerprint density at radius 3 is 2.48 bits per heavy atom. The third kappa shape index (κ3) is 5.30. The lowest BCUT2D eigenvalue weighted by Gasteiger charge is -2.20. The molecule has 0 aromatic heterocycles. The standard InChI is InChI=1S/C15H22F2N2O2/c1-9(12-4-5-13(16)14(17)6-12)7-18-15(21)19-11(3)10(2)8-20/h4-6,9-11,20H,7-8H2,1-3H3,(H2,18,19,21)/t9-,10+,11+/m1/s1. The quantitative estimate of drug-likeness (QED) is 0.755. The molecule has 118 valence electrons. The van der Waals surface area contributed by atoms with Crippen molar-refractivity contribution in [2.45, 2.75) is 32.7 Å². The second-order valence-corrected chi connectivity index (χ2v) is 5.38. The molecule has 0 saturated heterocycles. The van der Waals surface area contributed by atoms with Gasteiger partial charge in [-0.1, -0.05) is 19.9 Å². The van der Waals surface area contributed by atoms with Crippen LogP contribution in [0.2, 0.25) is 0 Å². The van der Waals surface area contributed by atoms with Gasteiger partial charge in [0, 0.05) is 19.2 Å². The molecule has 3 N–H and O–H groups in total. The molecule has 0 aliphatic heterocycles. The van der Waals surface area contributed by atoms with Crippen LogP contribution in [0.3, 0.4) is 0 Å². The van der Waals surface area contributed by atoms with Crippen molar-refractivity contribution in [3.8, 4) is 0 Å². The minimum Gasteiger partial charge on any atom is -0.396 e. The highest BCUT2D eigenvalue weighted by atomic mass is 19.2. The van der Waals surface area contributed by atoms with Crippen LogP contribution in [-0.2, 0) is 0 Å². The lowest BCUT2D eigenvalue weighted by Crippen LogP contribution is -2.45. The monoisotopic (exact) mass is 300 g/mol. The number of carbonyl (C=O) groups is 1. The van der Waals surface area contributed by atoms with Crippen LogP contribution in [0.4, 0.5) is 13.6 Å². The predicted octanol–water partition coefficient (Wildman–Crippen LogP) is 2.38. The number of hydrogen-bond donors (Lipinski definition) is 3. The molecular formula is C15H22F2N2O2. The number of rotatable bonds is 6. The van der Waals surface area contributed by atoms with Crippen molar-refractivity contribution in [1.29, 1.82) is 0 Å². The molecule has 0 radical (unpaired) electrons. The normalized spacial score (nSPS) is 15.1. The molecule has 0 spiro atoms. The van der Waals surface area contributed by atoms with Gasteiger partial charge in [-0.25, -0.2) is 13.6 Å². The van der Waals surface area contributed by atoms with Gasteiger partial charge in [0.2, 0.25) is 0 Å². The number of benzene rings is 1.